The first-order chi connectivity index (χ1) is 18.1. The minimum Gasteiger partial charge on any atom is -0.368 e. The molecule has 0 saturated carbocycles. The minimum absolute atomic E-state index is 0.457. The van der Waals surface area contributed by atoms with E-state index in [1.54, 1.807) is 0 Å². The Kier molecular flexibility index (Phi) is 7.48. The molecule has 1 unspecified atom stereocenters. The second kappa shape index (κ2) is 11.3. The van der Waals surface area contributed by atoms with Crippen molar-refractivity contribution in [3.63, 3.8) is 0 Å². The lowest BCUT2D eigenvalue weighted by Gasteiger charge is -2.25. The Morgan fingerprint density at radius 3 is 2.35 bits per heavy atom. The molecule has 4 heteroatoms. The number of hydrogen-bond donors (Lipinski definition) is 3. The monoisotopic (exact) mass is 499 g/mol. The SMILES string of the molecule is CC1CC=CC(NCN/C(=C2/C=CC=CC2=N)c2ccc(-c3ccccc3)cc2)=C1c1cccc([SiH3])c1. The van der Waals surface area contributed by atoms with Crippen LogP contribution in [0.15, 0.2) is 127 Å². The van der Waals surface area contributed by atoms with Crippen molar-refractivity contribution >= 4 is 32.4 Å². The van der Waals surface area contributed by atoms with E-state index in [-0.39, 0.29) is 0 Å². The molecule has 0 spiro atoms. The fraction of sp³-hybridized carbons (Fsp3) is 0.121. The van der Waals surface area contributed by atoms with Gasteiger partial charge in [-0.05, 0) is 52.3 Å². The molecule has 0 aliphatic heterocycles. The van der Waals surface area contributed by atoms with E-state index in [4.69, 9.17) is 5.41 Å². The predicted octanol–water partition coefficient (Wildman–Crippen LogP) is 5.35. The van der Waals surface area contributed by atoms with Gasteiger partial charge in [-0.25, -0.2) is 0 Å². The van der Waals surface area contributed by atoms with Crippen LogP contribution in [0.4, 0.5) is 0 Å². The Balaban J connectivity index is 1.42. The zero-order valence-corrected chi connectivity index (χ0v) is 23.5. The molecule has 3 nitrogen and oxygen atoms in total. The Morgan fingerprint density at radius 1 is 0.865 bits per heavy atom. The van der Waals surface area contributed by atoms with Crippen LogP contribution in [0, 0.1) is 11.3 Å². The summed E-state index contributed by atoms with van der Waals surface area (Å²) >= 11 is 0. The van der Waals surface area contributed by atoms with Crippen LogP contribution in [0.1, 0.15) is 24.5 Å². The number of allylic oxidation sites excluding steroid dienone is 8. The third kappa shape index (κ3) is 5.65. The Morgan fingerprint density at radius 2 is 1.59 bits per heavy atom. The summed E-state index contributed by atoms with van der Waals surface area (Å²) in [5.74, 6) is 0.457. The molecule has 0 saturated heterocycles. The summed E-state index contributed by atoms with van der Waals surface area (Å²) in [6.07, 6.45) is 13.3. The molecule has 0 bridgehead atoms. The van der Waals surface area contributed by atoms with Crippen molar-refractivity contribution in [3.05, 3.63) is 138 Å². The second-order valence-corrected chi connectivity index (χ2v) is 10.8. The summed E-state index contributed by atoms with van der Waals surface area (Å²) in [6.45, 7) is 2.86. The maximum atomic E-state index is 8.55. The van der Waals surface area contributed by atoms with Gasteiger partial charge in [0.15, 0.2) is 0 Å². The van der Waals surface area contributed by atoms with Crippen LogP contribution in [0.5, 0.6) is 0 Å². The lowest BCUT2D eigenvalue weighted by molar-refractivity contribution is 0.709. The zero-order chi connectivity index (χ0) is 25.6. The number of benzene rings is 3. The highest BCUT2D eigenvalue weighted by Gasteiger charge is 2.18. The van der Waals surface area contributed by atoms with E-state index in [0.29, 0.717) is 18.3 Å². The highest BCUT2D eigenvalue weighted by molar-refractivity contribution is 6.32. The van der Waals surface area contributed by atoms with Crippen molar-refractivity contribution < 1.29 is 0 Å². The van der Waals surface area contributed by atoms with E-state index in [9.17, 15) is 0 Å². The molecule has 3 N–H and O–H groups in total. The van der Waals surface area contributed by atoms with Crippen LogP contribution < -0.4 is 15.8 Å². The van der Waals surface area contributed by atoms with Gasteiger partial charge in [0.25, 0.3) is 0 Å². The molecule has 0 fully saturated rings. The van der Waals surface area contributed by atoms with Crippen molar-refractivity contribution in [2.45, 2.75) is 13.3 Å². The molecule has 1 atom stereocenters. The molecule has 5 rings (SSSR count). The highest BCUT2D eigenvalue weighted by atomic mass is 28.1. The summed E-state index contributed by atoms with van der Waals surface area (Å²) in [6, 6.07) is 27.9. The Bertz CT molecular complexity index is 1440. The van der Waals surface area contributed by atoms with Crippen molar-refractivity contribution in [1.82, 2.24) is 10.6 Å². The predicted molar refractivity (Wildman–Crippen MR) is 162 cm³/mol. The van der Waals surface area contributed by atoms with Crippen LogP contribution in [-0.4, -0.2) is 22.6 Å². The minimum atomic E-state index is 0.457. The third-order valence-electron chi connectivity index (χ3n) is 6.91. The van der Waals surface area contributed by atoms with Gasteiger partial charge in [0.1, 0.15) is 0 Å². The van der Waals surface area contributed by atoms with Gasteiger partial charge in [-0.1, -0.05) is 115 Å². The summed E-state index contributed by atoms with van der Waals surface area (Å²) in [5, 5.41) is 17.2. The lowest BCUT2D eigenvalue weighted by atomic mass is 9.86. The van der Waals surface area contributed by atoms with Crippen molar-refractivity contribution in [2.75, 3.05) is 6.67 Å². The average Bonchev–Trinajstić information content (AvgIpc) is 2.92. The molecule has 0 heterocycles. The van der Waals surface area contributed by atoms with Gasteiger partial charge in [-0.2, -0.15) is 0 Å². The molecule has 37 heavy (non-hydrogen) atoms. The third-order valence-corrected chi connectivity index (χ3v) is 7.53. The Hall–Kier alpha value is -4.15. The highest BCUT2D eigenvalue weighted by Crippen LogP contribution is 2.32. The van der Waals surface area contributed by atoms with Crippen molar-refractivity contribution in [3.8, 4) is 11.1 Å². The van der Waals surface area contributed by atoms with Gasteiger partial charge in [0.05, 0.1) is 18.1 Å². The first-order valence-corrected chi connectivity index (χ1v) is 13.9. The van der Waals surface area contributed by atoms with Crippen LogP contribution in [0.25, 0.3) is 22.4 Å². The van der Waals surface area contributed by atoms with Gasteiger partial charge < -0.3 is 16.0 Å². The van der Waals surface area contributed by atoms with Crippen LogP contribution in [0.2, 0.25) is 0 Å². The maximum Gasteiger partial charge on any atom is 0.0849 e. The van der Waals surface area contributed by atoms with Crippen LogP contribution in [0.3, 0.4) is 0 Å². The van der Waals surface area contributed by atoms with E-state index in [0.717, 1.165) is 39.2 Å². The quantitative estimate of drug-likeness (QED) is 0.303. The fourth-order valence-electron chi connectivity index (χ4n) is 5.01. The van der Waals surface area contributed by atoms with E-state index >= 15 is 0 Å². The van der Waals surface area contributed by atoms with Gasteiger partial charge in [0.2, 0.25) is 0 Å². The topological polar surface area (TPSA) is 47.9 Å². The first-order valence-electron chi connectivity index (χ1n) is 12.9. The summed E-state index contributed by atoms with van der Waals surface area (Å²) in [5.41, 5.74) is 9.63. The second-order valence-electron chi connectivity index (χ2n) is 9.63. The van der Waals surface area contributed by atoms with E-state index in [2.05, 4.69) is 103 Å². The average molecular weight is 500 g/mol. The summed E-state index contributed by atoms with van der Waals surface area (Å²) in [4.78, 5) is 0. The molecule has 0 radical (unpaired) electrons. The lowest BCUT2D eigenvalue weighted by Crippen LogP contribution is -2.30. The maximum absolute atomic E-state index is 8.55. The molecule has 0 amide bonds. The summed E-state index contributed by atoms with van der Waals surface area (Å²) in [7, 11) is 1.05. The molecule has 3 aromatic carbocycles. The van der Waals surface area contributed by atoms with E-state index in [1.807, 2.05) is 30.4 Å². The number of rotatable bonds is 7. The molecular weight excluding hydrogens is 466 g/mol. The number of nitrogens with one attached hydrogen (secondary N) is 3. The van der Waals surface area contributed by atoms with Crippen LogP contribution in [-0.2, 0) is 0 Å². The smallest absolute Gasteiger partial charge is 0.0849 e. The van der Waals surface area contributed by atoms with E-state index < -0.39 is 0 Å². The van der Waals surface area contributed by atoms with Gasteiger partial charge in [-0.15, -0.1) is 0 Å². The number of hydrogen-bond acceptors (Lipinski definition) is 3. The zero-order valence-electron chi connectivity index (χ0n) is 21.5. The Labute approximate surface area is 223 Å². The van der Waals surface area contributed by atoms with Crippen LogP contribution >= 0.6 is 0 Å². The fourth-order valence-corrected chi connectivity index (χ4v) is 5.51. The molecule has 3 aromatic rings. The molecule has 184 valence electrons. The first kappa shape index (κ1) is 24.5. The van der Waals surface area contributed by atoms with Crippen molar-refractivity contribution in [1.29, 1.82) is 5.41 Å². The largest absolute Gasteiger partial charge is 0.368 e. The van der Waals surface area contributed by atoms with Gasteiger partial charge in [-0.3, -0.25) is 0 Å². The molecule has 2 aliphatic rings. The standard InChI is InChI=1S/C33H33N3Si/c1-23-9-7-16-31(32(23)27-12-8-13-28(37)21-27)35-22-36-33(29-14-5-6-15-30(29)34)26-19-17-25(18-20-26)24-10-3-2-4-11-24/h2-8,10-21,23,34-36H,9,22H2,1,37H3/b33-29-,34-30?. The molecular formula is C33H33N3Si. The van der Waals surface area contributed by atoms with Gasteiger partial charge >= 0.3 is 0 Å². The van der Waals surface area contributed by atoms with Crippen molar-refractivity contribution in [2.24, 2.45) is 5.92 Å². The normalized spacial score (nSPS) is 18.3. The summed E-state index contributed by atoms with van der Waals surface area (Å²) < 4.78 is 0. The molecule has 2 aliphatic carbocycles. The van der Waals surface area contributed by atoms with Gasteiger partial charge in [0, 0.05) is 21.5 Å². The van der Waals surface area contributed by atoms with E-state index in [1.165, 1.54) is 27.5 Å². The molecule has 0 aromatic heterocycles.